The van der Waals surface area contributed by atoms with E-state index in [1.807, 2.05) is 18.4 Å². The summed E-state index contributed by atoms with van der Waals surface area (Å²) in [5.74, 6) is 0.584. The summed E-state index contributed by atoms with van der Waals surface area (Å²) in [5.41, 5.74) is 7.12. The first-order valence-corrected chi connectivity index (χ1v) is 6.90. The third-order valence-electron chi connectivity index (χ3n) is 3.35. The Bertz CT molecular complexity index is 348. The lowest BCUT2D eigenvalue weighted by Gasteiger charge is -2.20. The van der Waals surface area contributed by atoms with E-state index in [4.69, 9.17) is 10.5 Å². The van der Waals surface area contributed by atoms with Gasteiger partial charge in [-0.25, -0.2) is 0 Å². The summed E-state index contributed by atoms with van der Waals surface area (Å²) in [6.07, 6.45) is 5.12. The Morgan fingerprint density at radius 2 is 2.44 bits per heavy atom. The van der Waals surface area contributed by atoms with Gasteiger partial charge in [0, 0.05) is 16.9 Å². The number of aryl methyl sites for hydroxylation is 1. The molecule has 2 nitrogen and oxygen atoms in total. The second-order valence-corrected chi connectivity index (χ2v) is 5.97. The van der Waals surface area contributed by atoms with Crippen LogP contribution in [-0.2, 0) is 17.6 Å². The van der Waals surface area contributed by atoms with Crippen LogP contribution in [0.25, 0.3) is 0 Å². The highest BCUT2D eigenvalue weighted by Crippen LogP contribution is 2.38. The summed E-state index contributed by atoms with van der Waals surface area (Å²) in [4.78, 5) is 3.02. The molecule has 16 heavy (non-hydrogen) atoms. The smallest absolute Gasteiger partial charge is 0.0832 e. The van der Waals surface area contributed by atoms with Crippen LogP contribution in [0, 0.1) is 5.92 Å². The Hall–Kier alpha value is -0.380. The minimum Gasteiger partial charge on any atom is -0.377 e. The number of rotatable bonds is 4. The van der Waals surface area contributed by atoms with Crippen LogP contribution in [0.2, 0.25) is 0 Å². The normalized spacial score (nSPS) is 21.8. The van der Waals surface area contributed by atoms with E-state index >= 15 is 0 Å². The van der Waals surface area contributed by atoms with Crippen molar-refractivity contribution < 1.29 is 4.74 Å². The van der Waals surface area contributed by atoms with Gasteiger partial charge in [-0.05, 0) is 49.8 Å². The van der Waals surface area contributed by atoms with Crippen molar-refractivity contribution in [3.63, 3.8) is 0 Å². The minimum atomic E-state index is 0.335. The maximum Gasteiger partial charge on any atom is 0.0832 e. The third kappa shape index (κ3) is 2.47. The number of hydrogen-bond acceptors (Lipinski definition) is 3. The monoisotopic (exact) mass is 239 g/mol. The van der Waals surface area contributed by atoms with Crippen LogP contribution in [0.5, 0.6) is 0 Å². The molecule has 0 fully saturated rings. The molecule has 2 rings (SSSR count). The fraction of sp³-hybridized carbons (Fsp3) is 0.692. The Kier molecular flexibility index (Phi) is 4.00. The molecule has 2 N–H and O–H groups in total. The van der Waals surface area contributed by atoms with E-state index in [1.54, 1.807) is 0 Å². The van der Waals surface area contributed by atoms with Crippen molar-refractivity contribution in [3.8, 4) is 0 Å². The minimum absolute atomic E-state index is 0.335. The molecule has 1 aromatic heterocycles. The van der Waals surface area contributed by atoms with Crippen molar-refractivity contribution in [3.05, 3.63) is 21.4 Å². The number of hydrogen-bond donors (Lipinski definition) is 1. The van der Waals surface area contributed by atoms with E-state index in [-0.39, 0.29) is 0 Å². The zero-order valence-corrected chi connectivity index (χ0v) is 11.0. The number of fused-ring (bicyclic) bond motifs is 1. The van der Waals surface area contributed by atoms with Gasteiger partial charge in [-0.2, -0.15) is 0 Å². The topological polar surface area (TPSA) is 35.2 Å². The highest BCUT2D eigenvalue weighted by atomic mass is 32.1. The van der Waals surface area contributed by atoms with Gasteiger partial charge in [0.15, 0.2) is 0 Å². The summed E-state index contributed by atoms with van der Waals surface area (Å²) in [6.45, 7) is 2.99. The second kappa shape index (κ2) is 5.30. The fourth-order valence-electron chi connectivity index (χ4n) is 2.34. The van der Waals surface area contributed by atoms with Gasteiger partial charge in [-0.1, -0.05) is 6.92 Å². The Labute approximate surface area is 102 Å². The van der Waals surface area contributed by atoms with Crippen molar-refractivity contribution in [1.82, 2.24) is 0 Å². The van der Waals surface area contributed by atoms with Crippen molar-refractivity contribution in [1.29, 1.82) is 0 Å². The van der Waals surface area contributed by atoms with E-state index in [0.29, 0.717) is 12.0 Å². The summed E-state index contributed by atoms with van der Waals surface area (Å²) in [7, 11) is 1.82. The van der Waals surface area contributed by atoms with Crippen LogP contribution in [0.4, 0.5) is 0 Å². The van der Waals surface area contributed by atoms with Crippen LogP contribution in [0.15, 0.2) is 6.07 Å². The maximum absolute atomic E-state index is 5.68. The van der Waals surface area contributed by atoms with Crippen molar-refractivity contribution in [2.24, 2.45) is 11.7 Å². The molecule has 0 bridgehead atoms. The summed E-state index contributed by atoms with van der Waals surface area (Å²) in [5, 5.41) is 0. The molecule has 0 aromatic carbocycles. The number of thiophene rings is 1. The predicted octanol–water partition coefficient (Wildman–Crippen LogP) is 2.91. The maximum atomic E-state index is 5.68. The molecule has 0 saturated heterocycles. The van der Waals surface area contributed by atoms with Crippen LogP contribution >= 0.6 is 11.3 Å². The van der Waals surface area contributed by atoms with E-state index in [2.05, 4.69) is 13.0 Å². The van der Waals surface area contributed by atoms with Gasteiger partial charge in [0.1, 0.15) is 0 Å². The second-order valence-electron chi connectivity index (χ2n) is 4.75. The van der Waals surface area contributed by atoms with Gasteiger partial charge in [0.05, 0.1) is 6.10 Å². The molecule has 0 radical (unpaired) electrons. The largest absolute Gasteiger partial charge is 0.377 e. The summed E-state index contributed by atoms with van der Waals surface area (Å²) >= 11 is 1.96. The van der Waals surface area contributed by atoms with Gasteiger partial charge >= 0.3 is 0 Å². The molecule has 0 spiro atoms. The lowest BCUT2D eigenvalue weighted by molar-refractivity contribution is 0.0888. The number of ether oxygens (including phenoxy) is 1. The number of methoxy groups -OCH3 is 1. The van der Waals surface area contributed by atoms with E-state index in [9.17, 15) is 0 Å². The first kappa shape index (κ1) is 12.1. The molecule has 1 aliphatic carbocycles. The van der Waals surface area contributed by atoms with Crippen LogP contribution in [-0.4, -0.2) is 13.7 Å². The van der Waals surface area contributed by atoms with Gasteiger partial charge in [-0.15, -0.1) is 11.3 Å². The Balaban J connectivity index is 2.15. The standard InChI is InChI=1S/C13H21NOS/c1-9(8-14)6-10-7-11-12(15-2)4-3-5-13(11)16-10/h7,9,12H,3-6,8,14H2,1-2H3. The predicted molar refractivity (Wildman–Crippen MR) is 68.9 cm³/mol. The molecule has 3 heteroatoms. The highest BCUT2D eigenvalue weighted by Gasteiger charge is 2.22. The van der Waals surface area contributed by atoms with Crippen LogP contribution in [0.1, 0.15) is 41.2 Å². The Morgan fingerprint density at radius 1 is 1.62 bits per heavy atom. The molecule has 0 amide bonds. The third-order valence-corrected chi connectivity index (χ3v) is 4.58. The first-order valence-electron chi connectivity index (χ1n) is 6.09. The van der Waals surface area contributed by atoms with Crippen molar-refractivity contribution >= 4 is 11.3 Å². The molecule has 2 atom stereocenters. The molecule has 1 heterocycles. The lowest BCUT2D eigenvalue weighted by Crippen LogP contribution is -2.12. The van der Waals surface area contributed by atoms with Crippen LogP contribution in [0.3, 0.4) is 0 Å². The molecular formula is C13H21NOS. The quantitative estimate of drug-likeness (QED) is 0.877. The van der Waals surface area contributed by atoms with E-state index < -0.39 is 0 Å². The SMILES string of the molecule is COC1CCCc2sc(CC(C)CN)cc21. The van der Waals surface area contributed by atoms with Crippen molar-refractivity contribution in [2.75, 3.05) is 13.7 Å². The van der Waals surface area contributed by atoms with Gasteiger partial charge in [-0.3, -0.25) is 0 Å². The molecular weight excluding hydrogens is 218 g/mol. The van der Waals surface area contributed by atoms with E-state index in [0.717, 1.165) is 13.0 Å². The molecule has 1 aliphatic rings. The molecule has 2 unspecified atom stereocenters. The first-order chi connectivity index (χ1) is 7.74. The lowest BCUT2D eigenvalue weighted by atomic mass is 9.95. The average molecular weight is 239 g/mol. The van der Waals surface area contributed by atoms with Crippen LogP contribution < -0.4 is 5.73 Å². The summed E-state index contributed by atoms with van der Waals surface area (Å²) in [6, 6.07) is 2.35. The van der Waals surface area contributed by atoms with Gasteiger partial charge in [0.2, 0.25) is 0 Å². The highest BCUT2D eigenvalue weighted by molar-refractivity contribution is 7.12. The molecule has 90 valence electrons. The average Bonchev–Trinajstić information content (AvgIpc) is 2.70. The van der Waals surface area contributed by atoms with Gasteiger partial charge < -0.3 is 10.5 Å². The Morgan fingerprint density at radius 3 is 3.12 bits per heavy atom. The molecule has 1 aromatic rings. The number of nitrogens with two attached hydrogens (primary N) is 1. The fourth-order valence-corrected chi connectivity index (χ4v) is 3.77. The zero-order chi connectivity index (χ0) is 11.5. The molecule has 0 aliphatic heterocycles. The van der Waals surface area contributed by atoms with Gasteiger partial charge in [0.25, 0.3) is 0 Å². The molecule has 0 saturated carbocycles. The summed E-state index contributed by atoms with van der Waals surface area (Å²) < 4.78 is 5.54. The zero-order valence-electron chi connectivity index (χ0n) is 10.2. The van der Waals surface area contributed by atoms with Crippen molar-refractivity contribution in [2.45, 2.75) is 38.7 Å². The van der Waals surface area contributed by atoms with E-state index in [1.165, 1.54) is 34.6 Å².